The van der Waals surface area contributed by atoms with Crippen LogP contribution < -0.4 is 5.32 Å². The van der Waals surface area contributed by atoms with Crippen LogP contribution in [0.3, 0.4) is 0 Å². The van der Waals surface area contributed by atoms with Gasteiger partial charge in [-0.2, -0.15) is 0 Å². The molecule has 0 amide bonds. The molecule has 1 N–H and O–H groups in total. The van der Waals surface area contributed by atoms with E-state index in [-0.39, 0.29) is 5.41 Å². The lowest BCUT2D eigenvalue weighted by Crippen LogP contribution is -2.62. The molecule has 3 unspecified atom stereocenters. The zero-order valence-electron chi connectivity index (χ0n) is 12.5. The Bertz CT molecular complexity index is 395. The number of hydrogen-bond donors (Lipinski definition) is 1. The summed E-state index contributed by atoms with van der Waals surface area (Å²) in [5.41, 5.74) is 1.36. The van der Waals surface area contributed by atoms with E-state index in [2.05, 4.69) is 44.1 Å². The Morgan fingerprint density at radius 3 is 2.84 bits per heavy atom. The van der Waals surface area contributed by atoms with Crippen molar-refractivity contribution in [2.75, 3.05) is 6.61 Å². The zero-order valence-corrected chi connectivity index (χ0v) is 12.5. The van der Waals surface area contributed by atoms with Crippen LogP contribution in [-0.4, -0.2) is 23.7 Å². The Balaban J connectivity index is 1.97. The van der Waals surface area contributed by atoms with Gasteiger partial charge in [-0.1, -0.05) is 19.9 Å². The van der Waals surface area contributed by atoms with Gasteiger partial charge in [0.15, 0.2) is 0 Å². The Hall–Kier alpha value is -0.930. The first-order valence-electron chi connectivity index (χ1n) is 7.40. The molecule has 3 nitrogen and oxygen atoms in total. The van der Waals surface area contributed by atoms with E-state index in [1.165, 1.54) is 0 Å². The van der Waals surface area contributed by atoms with Crippen molar-refractivity contribution in [3.8, 4) is 0 Å². The van der Waals surface area contributed by atoms with Crippen LogP contribution in [0.5, 0.6) is 0 Å². The van der Waals surface area contributed by atoms with Gasteiger partial charge in [0.2, 0.25) is 0 Å². The van der Waals surface area contributed by atoms with E-state index < -0.39 is 0 Å². The molecule has 4 atom stereocenters. The van der Waals surface area contributed by atoms with Crippen molar-refractivity contribution >= 4 is 0 Å². The highest BCUT2D eigenvalue weighted by Gasteiger charge is 2.51. The minimum absolute atomic E-state index is 0.249. The van der Waals surface area contributed by atoms with Gasteiger partial charge in [-0.25, -0.2) is 0 Å². The third-order valence-electron chi connectivity index (χ3n) is 4.69. The maximum absolute atomic E-state index is 5.85. The molecule has 0 bridgehead atoms. The third kappa shape index (κ3) is 2.82. The van der Waals surface area contributed by atoms with Crippen LogP contribution in [0, 0.1) is 5.41 Å². The van der Waals surface area contributed by atoms with E-state index in [1.807, 2.05) is 18.3 Å². The molecule has 1 saturated carbocycles. The molecule has 1 heterocycles. The number of nitrogens with one attached hydrogen (secondary N) is 1. The van der Waals surface area contributed by atoms with Crippen molar-refractivity contribution in [3.63, 3.8) is 0 Å². The van der Waals surface area contributed by atoms with Crippen LogP contribution in [-0.2, 0) is 4.74 Å². The molecule has 2 rings (SSSR count). The van der Waals surface area contributed by atoms with Gasteiger partial charge in [-0.3, -0.25) is 4.98 Å². The predicted molar refractivity (Wildman–Crippen MR) is 78.0 cm³/mol. The summed E-state index contributed by atoms with van der Waals surface area (Å²) < 4.78 is 5.85. The molecule has 0 saturated heterocycles. The van der Waals surface area contributed by atoms with Crippen LogP contribution in [0.2, 0.25) is 0 Å². The number of pyridine rings is 1. The molecule has 19 heavy (non-hydrogen) atoms. The van der Waals surface area contributed by atoms with Crippen molar-refractivity contribution in [1.82, 2.24) is 10.3 Å². The van der Waals surface area contributed by atoms with Gasteiger partial charge in [-0.05, 0) is 38.8 Å². The first-order valence-corrected chi connectivity index (χ1v) is 7.40. The highest BCUT2D eigenvalue weighted by molar-refractivity contribution is 5.11. The fourth-order valence-corrected chi connectivity index (χ4v) is 3.03. The molecule has 3 heteroatoms. The van der Waals surface area contributed by atoms with Crippen molar-refractivity contribution in [2.45, 2.75) is 58.7 Å². The molecular weight excluding hydrogens is 236 g/mol. The third-order valence-corrected chi connectivity index (χ3v) is 4.69. The number of rotatable bonds is 6. The molecule has 1 aliphatic carbocycles. The monoisotopic (exact) mass is 262 g/mol. The van der Waals surface area contributed by atoms with Crippen LogP contribution in [0.15, 0.2) is 24.4 Å². The van der Waals surface area contributed by atoms with Gasteiger partial charge >= 0.3 is 0 Å². The lowest BCUT2D eigenvalue weighted by atomic mass is 9.61. The summed E-state index contributed by atoms with van der Waals surface area (Å²) in [5.74, 6) is 0. The summed E-state index contributed by atoms with van der Waals surface area (Å²) in [7, 11) is 0. The van der Waals surface area contributed by atoms with E-state index in [1.54, 1.807) is 0 Å². The molecule has 0 aliphatic heterocycles. The van der Waals surface area contributed by atoms with E-state index >= 15 is 0 Å². The largest absolute Gasteiger partial charge is 0.378 e. The highest BCUT2D eigenvalue weighted by Crippen LogP contribution is 2.46. The van der Waals surface area contributed by atoms with Gasteiger partial charge in [0, 0.05) is 30.3 Å². The van der Waals surface area contributed by atoms with E-state index in [0.29, 0.717) is 18.2 Å². The molecular formula is C16H26N2O. The van der Waals surface area contributed by atoms with Gasteiger partial charge in [0.05, 0.1) is 11.8 Å². The summed E-state index contributed by atoms with van der Waals surface area (Å²) in [6, 6.07) is 6.90. The molecule has 106 valence electrons. The van der Waals surface area contributed by atoms with Crippen LogP contribution in [0.25, 0.3) is 0 Å². The van der Waals surface area contributed by atoms with Gasteiger partial charge in [0.25, 0.3) is 0 Å². The fraction of sp³-hybridized carbons (Fsp3) is 0.688. The summed E-state index contributed by atoms with van der Waals surface area (Å²) in [4.78, 5) is 4.43. The summed E-state index contributed by atoms with van der Waals surface area (Å²) >= 11 is 0. The summed E-state index contributed by atoms with van der Waals surface area (Å²) in [5, 5.41) is 3.72. The molecule has 1 fully saturated rings. The first kappa shape index (κ1) is 14.5. The minimum atomic E-state index is 0.249. The molecule has 0 radical (unpaired) electrons. The van der Waals surface area contributed by atoms with Crippen LogP contribution in [0.1, 0.15) is 52.3 Å². The van der Waals surface area contributed by atoms with Gasteiger partial charge < -0.3 is 10.1 Å². The van der Waals surface area contributed by atoms with E-state index in [0.717, 1.165) is 25.1 Å². The highest BCUT2D eigenvalue weighted by atomic mass is 16.5. The standard InChI is InChI=1S/C16H26N2O/c1-5-16(4)14(11-15(16)19-6-2)18-12(3)13-9-7-8-10-17-13/h7-10,12,14-15,18H,5-6,11H2,1-4H3/t12-,14?,15?,16?/m0/s1. The van der Waals surface area contributed by atoms with Crippen molar-refractivity contribution in [1.29, 1.82) is 0 Å². The summed E-state index contributed by atoms with van der Waals surface area (Å²) in [6.07, 6.45) is 4.51. The summed E-state index contributed by atoms with van der Waals surface area (Å²) in [6.45, 7) is 9.66. The van der Waals surface area contributed by atoms with Crippen molar-refractivity contribution in [2.24, 2.45) is 5.41 Å². The van der Waals surface area contributed by atoms with Crippen molar-refractivity contribution in [3.05, 3.63) is 30.1 Å². The Morgan fingerprint density at radius 1 is 1.47 bits per heavy atom. The molecule has 0 aromatic carbocycles. The normalized spacial score (nSPS) is 31.8. The van der Waals surface area contributed by atoms with E-state index in [4.69, 9.17) is 4.74 Å². The lowest BCUT2D eigenvalue weighted by Gasteiger charge is -2.54. The second-order valence-corrected chi connectivity index (χ2v) is 5.73. The smallest absolute Gasteiger partial charge is 0.0658 e. The average molecular weight is 262 g/mol. The molecule has 1 aromatic heterocycles. The quantitative estimate of drug-likeness (QED) is 0.854. The average Bonchev–Trinajstić information content (AvgIpc) is 2.46. The van der Waals surface area contributed by atoms with Gasteiger partial charge in [0.1, 0.15) is 0 Å². The molecule has 0 spiro atoms. The SMILES string of the molecule is CCOC1CC(N[C@@H](C)c2ccccn2)C1(C)CC. The Labute approximate surface area is 116 Å². The maximum Gasteiger partial charge on any atom is 0.0658 e. The predicted octanol–water partition coefficient (Wildman–Crippen LogP) is 3.33. The number of hydrogen-bond acceptors (Lipinski definition) is 3. The van der Waals surface area contributed by atoms with Crippen LogP contribution in [0.4, 0.5) is 0 Å². The second kappa shape index (κ2) is 6.02. The Morgan fingerprint density at radius 2 is 2.26 bits per heavy atom. The number of aromatic nitrogens is 1. The zero-order chi connectivity index (χ0) is 13.9. The van der Waals surface area contributed by atoms with Crippen LogP contribution >= 0.6 is 0 Å². The topological polar surface area (TPSA) is 34.1 Å². The molecule has 1 aromatic rings. The number of nitrogens with zero attached hydrogens (tertiary/aromatic N) is 1. The second-order valence-electron chi connectivity index (χ2n) is 5.73. The van der Waals surface area contributed by atoms with Gasteiger partial charge in [-0.15, -0.1) is 0 Å². The Kier molecular flexibility index (Phi) is 4.58. The van der Waals surface area contributed by atoms with E-state index in [9.17, 15) is 0 Å². The minimum Gasteiger partial charge on any atom is -0.378 e. The fourth-order valence-electron chi connectivity index (χ4n) is 3.03. The number of ether oxygens (including phenoxy) is 1. The molecule has 1 aliphatic rings. The first-order chi connectivity index (χ1) is 9.11. The lowest BCUT2D eigenvalue weighted by molar-refractivity contribution is -0.127. The maximum atomic E-state index is 5.85. The van der Waals surface area contributed by atoms with Crippen molar-refractivity contribution < 1.29 is 4.74 Å².